The largest absolute Gasteiger partial charge is 0.469 e. The normalized spacial score (nSPS) is 27.4. The van der Waals surface area contributed by atoms with Crippen LogP contribution in [-0.2, 0) is 14.3 Å². The average molecular weight is 301 g/mol. The topological polar surface area (TPSA) is 63.7 Å². The van der Waals surface area contributed by atoms with Crippen LogP contribution in [0.5, 0.6) is 0 Å². The van der Waals surface area contributed by atoms with Gasteiger partial charge >= 0.3 is 5.97 Å². The van der Waals surface area contributed by atoms with Crippen LogP contribution in [0.4, 0.5) is 0 Å². The third-order valence-electron chi connectivity index (χ3n) is 4.67. The van der Waals surface area contributed by atoms with Crippen LogP contribution in [0, 0.1) is 17.8 Å². The molecule has 22 heavy (non-hydrogen) atoms. The van der Waals surface area contributed by atoms with Gasteiger partial charge in [-0.2, -0.15) is 0 Å². The molecule has 2 bridgehead atoms. The first-order chi connectivity index (χ1) is 10.6. The number of Topliss-reactive ketones (excluding diaryl/α,β-unsaturated/α-hetero) is 1. The van der Waals surface area contributed by atoms with Gasteiger partial charge in [0.15, 0.2) is 0 Å². The number of ether oxygens (including phenoxy) is 1. The molecule has 1 aromatic rings. The number of fused-ring (bicyclic) bond motifs is 2. The molecular formula is C17H19NO4. The number of hydrogen-bond donors (Lipinski definition) is 0. The molecule has 2 unspecified atom stereocenters. The molecule has 5 nitrogen and oxygen atoms in total. The fraction of sp³-hybridized carbons (Fsp3) is 0.471. The van der Waals surface area contributed by atoms with Crippen molar-refractivity contribution in [3.8, 4) is 0 Å². The average Bonchev–Trinajstić information content (AvgIpc) is 2.54. The van der Waals surface area contributed by atoms with E-state index in [0.29, 0.717) is 31.5 Å². The Morgan fingerprint density at radius 3 is 2.23 bits per heavy atom. The summed E-state index contributed by atoms with van der Waals surface area (Å²) in [6.45, 7) is 0.799. The minimum Gasteiger partial charge on any atom is -0.469 e. The summed E-state index contributed by atoms with van der Waals surface area (Å²) in [5, 5.41) is 0. The van der Waals surface area contributed by atoms with E-state index in [2.05, 4.69) is 0 Å². The highest BCUT2D eigenvalue weighted by atomic mass is 16.5. The van der Waals surface area contributed by atoms with Crippen LogP contribution < -0.4 is 0 Å². The maximum atomic E-state index is 12.5. The predicted molar refractivity (Wildman–Crippen MR) is 79.1 cm³/mol. The van der Waals surface area contributed by atoms with Gasteiger partial charge < -0.3 is 9.64 Å². The Morgan fingerprint density at radius 2 is 1.68 bits per heavy atom. The lowest BCUT2D eigenvalue weighted by molar-refractivity contribution is -0.151. The van der Waals surface area contributed by atoms with Crippen molar-refractivity contribution >= 4 is 17.7 Å². The molecule has 2 aliphatic rings. The first kappa shape index (κ1) is 14.8. The predicted octanol–water partition coefficient (Wildman–Crippen LogP) is 1.53. The zero-order valence-electron chi connectivity index (χ0n) is 12.5. The van der Waals surface area contributed by atoms with Crippen LogP contribution >= 0.6 is 0 Å². The summed E-state index contributed by atoms with van der Waals surface area (Å²) in [6, 6.07) is 9.09. The van der Waals surface area contributed by atoms with Gasteiger partial charge in [-0.1, -0.05) is 18.2 Å². The van der Waals surface area contributed by atoms with Crippen molar-refractivity contribution in [2.75, 3.05) is 20.2 Å². The summed E-state index contributed by atoms with van der Waals surface area (Å²) in [5.74, 6) is -0.803. The van der Waals surface area contributed by atoms with E-state index in [1.807, 2.05) is 18.2 Å². The number of piperidine rings is 1. The molecule has 1 amide bonds. The number of benzene rings is 1. The molecule has 2 fully saturated rings. The van der Waals surface area contributed by atoms with E-state index < -0.39 is 0 Å². The molecule has 2 atom stereocenters. The lowest BCUT2D eigenvalue weighted by atomic mass is 9.71. The Balaban J connectivity index is 1.74. The summed E-state index contributed by atoms with van der Waals surface area (Å²) < 4.78 is 4.80. The Bertz CT molecular complexity index is 580. The summed E-state index contributed by atoms with van der Waals surface area (Å²) in [7, 11) is 1.37. The zero-order valence-corrected chi connectivity index (χ0v) is 12.5. The van der Waals surface area contributed by atoms with Crippen molar-refractivity contribution in [3.63, 3.8) is 0 Å². The highest BCUT2D eigenvalue weighted by Crippen LogP contribution is 2.36. The third kappa shape index (κ3) is 2.63. The Kier molecular flexibility index (Phi) is 3.96. The second-order valence-corrected chi connectivity index (χ2v) is 6.06. The lowest BCUT2D eigenvalue weighted by Crippen LogP contribution is -2.53. The Hall–Kier alpha value is -2.17. The number of esters is 1. The SMILES string of the molecule is COC(=O)C1CC2CN(C(=O)c3ccccc3)CC(C1)C2=O. The van der Waals surface area contributed by atoms with E-state index in [1.165, 1.54) is 7.11 Å². The zero-order chi connectivity index (χ0) is 15.7. The standard InChI is InChI=1S/C17H19NO4/c1-22-17(21)12-7-13-9-18(10-14(8-12)15(13)19)16(20)11-5-3-2-4-6-11/h2-6,12-14H,7-10H2,1H3. The van der Waals surface area contributed by atoms with E-state index in [0.717, 1.165) is 0 Å². The highest BCUT2D eigenvalue weighted by Gasteiger charge is 2.45. The van der Waals surface area contributed by atoms with Crippen LogP contribution in [0.15, 0.2) is 30.3 Å². The number of methoxy groups -OCH3 is 1. The van der Waals surface area contributed by atoms with Gasteiger partial charge in [-0.25, -0.2) is 0 Å². The monoisotopic (exact) mass is 301 g/mol. The molecule has 1 aliphatic carbocycles. The molecular weight excluding hydrogens is 282 g/mol. The molecule has 0 aromatic heterocycles. The highest BCUT2D eigenvalue weighted by molar-refractivity contribution is 5.96. The van der Waals surface area contributed by atoms with Crippen LogP contribution in [-0.4, -0.2) is 42.8 Å². The fourth-order valence-corrected chi connectivity index (χ4v) is 3.57. The smallest absolute Gasteiger partial charge is 0.308 e. The van der Waals surface area contributed by atoms with Crippen molar-refractivity contribution in [3.05, 3.63) is 35.9 Å². The molecule has 5 heteroatoms. The first-order valence-electron chi connectivity index (χ1n) is 7.56. The summed E-state index contributed by atoms with van der Waals surface area (Å²) in [4.78, 5) is 38.3. The molecule has 1 heterocycles. The van der Waals surface area contributed by atoms with Crippen molar-refractivity contribution in [2.45, 2.75) is 12.8 Å². The van der Waals surface area contributed by atoms with E-state index in [-0.39, 0.29) is 35.4 Å². The first-order valence-corrected chi connectivity index (χ1v) is 7.56. The molecule has 0 N–H and O–H groups in total. The van der Waals surface area contributed by atoms with E-state index in [9.17, 15) is 14.4 Å². The Labute approximate surface area is 129 Å². The molecule has 1 aromatic carbocycles. The number of carbonyl (C=O) groups is 3. The van der Waals surface area contributed by atoms with Gasteiger partial charge in [0.25, 0.3) is 5.91 Å². The molecule has 0 radical (unpaired) electrons. The molecule has 3 rings (SSSR count). The fourth-order valence-electron chi connectivity index (χ4n) is 3.57. The van der Waals surface area contributed by atoms with Gasteiger partial charge in [-0.15, -0.1) is 0 Å². The van der Waals surface area contributed by atoms with Crippen molar-refractivity contribution < 1.29 is 19.1 Å². The third-order valence-corrected chi connectivity index (χ3v) is 4.67. The van der Waals surface area contributed by atoms with Crippen LogP contribution in [0.25, 0.3) is 0 Å². The number of rotatable bonds is 2. The molecule has 1 aliphatic heterocycles. The molecule has 1 saturated heterocycles. The van der Waals surface area contributed by atoms with Crippen LogP contribution in [0.1, 0.15) is 23.2 Å². The van der Waals surface area contributed by atoms with Gasteiger partial charge in [-0.3, -0.25) is 14.4 Å². The summed E-state index contributed by atoms with van der Waals surface area (Å²) in [6.07, 6.45) is 0.973. The number of carbonyl (C=O) groups excluding carboxylic acids is 3. The van der Waals surface area contributed by atoms with Gasteiger partial charge in [0.2, 0.25) is 0 Å². The summed E-state index contributed by atoms with van der Waals surface area (Å²) >= 11 is 0. The minimum absolute atomic E-state index is 0.0420. The van der Waals surface area contributed by atoms with Crippen molar-refractivity contribution in [2.24, 2.45) is 17.8 Å². The van der Waals surface area contributed by atoms with Crippen molar-refractivity contribution in [1.29, 1.82) is 0 Å². The number of amides is 1. The van der Waals surface area contributed by atoms with E-state index >= 15 is 0 Å². The van der Waals surface area contributed by atoms with Gasteiger partial charge in [-0.05, 0) is 25.0 Å². The number of ketones is 1. The maximum absolute atomic E-state index is 12.5. The van der Waals surface area contributed by atoms with E-state index in [1.54, 1.807) is 17.0 Å². The minimum atomic E-state index is -0.246. The van der Waals surface area contributed by atoms with E-state index in [4.69, 9.17) is 4.74 Å². The number of likely N-dealkylation sites (tertiary alicyclic amines) is 1. The lowest BCUT2D eigenvalue weighted by Gasteiger charge is -2.42. The summed E-state index contributed by atoms with van der Waals surface area (Å²) in [5.41, 5.74) is 0.638. The Morgan fingerprint density at radius 1 is 1.09 bits per heavy atom. The molecule has 1 saturated carbocycles. The number of hydrogen-bond acceptors (Lipinski definition) is 4. The second kappa shape index (κ2) is 5.91. The van der Waals surface area contributed by atoms with Gasteiger partial charge in [0.1, 0.15) is 5.78 Å². The molecule has 0 spiro atoms. The van der Waals surface area contributed by atoms with Crippen LogP contribution in [0.3, 0.4) is 0 Å². The quantitative estimate of drug-likeness (QED) is 0.777. The maximum Gasteiger partial charge on any atom is 0.308 e. The second-order valence-electron chi connectivity index (χ2n) is 6.06. The van der Waals surface area contributed by atoms with Crippen LogP contribution in [0.2, 0.25) is 0 Å². The molecule has 116 valence electrons. The van der Waals surface area contributed by atoms with Crippen molar-refractivity contribution in [1.82, 2.24) is 4.90 Å². The van der Waals surface area contributed by atoms with Gasteiger partial charge in [0, 0.05) is 30.5 Å². The van der Waals surface area contributed by atoms with Gasteiger partial charge in [0.05, 0.1) is 13.0 Å². The number of nitrogens with zero attached hydrogens (tertiary/aromatic N) is 1.